The van der Waals surface area contributed by atoms with Gasteiger partial charge in [0.05, 0.1) is 24.3 Å². The molecule has 24 heavy (non-hydrogen) atoms. The first-order valence-corrected chi connectivity index (χ1v) is 7.53. The van der Waals surface area contributed by atoms with Crippen LogP contribution in [0.3, 0.4) is 0 Å². The van der Waals surface area contributed by atoms with Gasteiger partial charge in [-0.1, -0.05) is 12.1 Å². The van der Waals surface area contributed by atoms with E-state index in [-0.39, 0.29) is 18.8 Å². The van der Waals surface area contributed by atoms with E-state index in [0.29, 0.717) is 17.9 Å². The molecule has 2 atom stereocenters. The minimum Gasteiger partial charge on any atom is -0.370 e. The monoisotopic (exact) mass is 338 g/mol. The molecule has 5 nitrogen and oxygen atoms in total. The molecule has 0 bridgehead atoms. The molecule has 1 saturated heterocycles. The van der Waals surface area contributed by atoms with E-state index in [2.05, 4.69) is 20.6 Å². The normalized spacial score (nSPS) is 21.0. The minimum atomic E-state index is -4.32. The zero-order chi connectivity index (χ0) is 17.0. The van der Waals surface area contributed by atoms with Crippen LogP contribution in [0.1, 0.15) is 11.1 Å². The van der Waals surface area contributed by atoms with Crippen LogP contribution in [0, 0.1) is 0 Å². The number of halogens is 3. The van der Waals surface area contributed by atoms with E-state index in [9.17, 15) is 13.2 Å². The van der Waals surface area contributed by atoms with Crippen molar-refractivity contribution in [1.29, 1.82) is 0 Å². The maximum atomic E-state index is 12.6. The molecule has 2 unspecified atom stereocenters. The molecule has 1 aliphatic heterocycles. The Bertz CT molecular complexity index is 649. The quantitative estimate of drug-likeness (QED) is 0.877. The fraction of sp³-hybridized carbons (Fsp3) is 0.375. The molecule has 2 heterocycles. The van der Waals surface area contributed by atoms with Gasteiger partial charge < -0.3 is 15.4 Å². The molecule has 1 fully saturated rings. The number of rotatable bonds is 5. The molecule has 2 aromatic rings. The van der Waals surface area contributed by atoms with Gasteiger partial charge in [0, 0.05) is 19.3 Å². The van der Waals surface area contributed by atoms with Gasteiger partial charge in [0.15, 0.2) is 0 Å². The summed E-state index contributed by atoms with van der Waals surface area (Å²) in [7, 11) is 0. The summed E-state index contributed by atoms with van der Waals surface area (Å²) in [5, 5.41) is 6.50. The van der Waals surface area contributed by atoms with Crippen LogP contribution in [-0.2, 0) is 17.5 Å². The van der Waals surface area contributed by atoms with Crippen molar-refractivity contribution >= 4 is 5.82 Å². The number of alkyl halides is 3. The van der Waals surface area contributed by atoms with E-state index >= 15 is 0 Å². The second-order valence-corrected chi connectivity index (χ2v) is 5.55. The molecule has 3 rings (SSSR count). The molecule has 0 amide bonds. The Hall–Kier alpha value is -2.19. The first kappa shape index (κ1) is 16.7. The highest BCUT2D eigenvalue weighted by atomic mass is 19.4. The fourth-order valence-corrected chi connectivity index (χ4v) is 2.53. The number of hydrogen-bond acceptors (Lipinski definition) is 5. The summed E-state index contributed by atoms with van der Waals surface area (Å²) >= 11 is 0. The fourth-order valence-electron chi connectivity index (χ4n) is 2.53. The Morgan fingerprint density at radius 3 is 2.62 bits per heavy atom. The van der Waals surface area contributed by atoms with E-state index in [1.165, 1.54) is 18.5 Å². The van der Waals surface area contributed by atoms with E-state index in [1.807, 2.05) is 0 Å². The van der Waals surface area contributed by atoms with E-state index in [1.54, 1.807) is 12.3 Å². The van der Waals surface area contributed by atoms with Crippen LogP contribution in [0.5, 0.6) is 0 Å². The number of ether oxygens (including phenoxy) is 1. The summed E-state index contributed by atoms with van der Waals surface area (Å²) in [4.78, 5) is 7.98. The highest BCUT2D eigenvalue weighted by Gasteiger charge is 2.30. The number of aromatic nitrogens is 2. The first-order chi connectivity index (χ1) is 11.5. The lowest BCUT2D eigenvalue weighted by molar-refractivity contribution is -0.137. The third-order valence-electron chi connectivity index (χ3n) is 3.82. The van der Waals surface area contributed by atoms with Gasteiger partial charge in [0.25, 0.3) is 0 Å². The maximum absolute atomic E-state index is 12.6. The third-order valence-corrected chi connectivity index (χ3v) is 3.82. The Labute approximate surface area is 137 Å². The standard InChI is InChI=1S/C16H17F3N4O/c17-16(18,19)12-3-1-11(2-4-12)9-24-14-8-21-7-13(14)23-15-5-6-20-10-22-15/h1-6,10,13-14,21H,7-9H2,(H,20,22,23). The summed E-state index contributed by atoms with van der Waals surface area (Å²) in [5.74, 6) is 0.710. The predicted molar refractivity (Wildman–Crippen MR) is 82.3 cm³/mol. The second-order valence-electron chi connectivity index (χ2n) is 5.55. The summed E-state index contributed by atoms with van der Waals surface area (Å²) < 4.78 is 43.5. The number of nitrogens with zero attached hydrogens (tertiary/aromatic N) is 2. The number of hydrogen-bond donors (Lipinski definition) is 2. The summed E-state index contributed by atoms with van der Waals surface area (Å²) in [6.45, 7) is 1.65. The van der Waals surface area contributed by atoms with E-state index < -0.39 is 11.7 Å². The van der Waals surface area contributed by atoms with Gasteiger partial charge in [-0.15, -0.1) is 0 Å². The molecule has 1 aliphatic rings. The molecule has 0 aliphatic carbocycles. The van der Waals surface area contributed by atoms with Crippen LogP contribution >= 0.6 is 0 Å². The smallest absolute Gasteiger partial charge is 0.370 e. The second kappa shape index (κ2) is 7.14. The highest BCUT2D eigenvalue weighted by molar-refractivity contribution is 5.34. The number of benzene rings is 1. The van der Waals surface area contributed by atoms with Crippen LogP contribution < -0.4 is 10.6 Å². The topological polar surface area (TPSA) is 59.1 Å². The molecule has 128 valence electrons. The molecular formula is C16H17F3N4O. The van der Waals surface area contributed by atoms with Gasteiger partial charge in [-0.3, -0.25) is 0 Å². The van der Waals surface area contributed by atoms with Crippen molar-refractivity contribution in [3.8, 4) is 0 Å². The van der Waals surface area contributed by atoms with Crippen LogP contribution in [-0.4, -0.2) is 35.2 Å². The van der Waals surface area contributed by atoms with Gasteiger partial charge in [-0.05, 0) is 23.8 Å². The SMILES string of the molecule is FC(F)(F)c1ccc(COC2CNCC2Nc2ccncn2)cc1. The molecule has 0 radical (unpaired) electrons. The van der Waals surface area contributed by atoms with Gasteiger partial charge in [0.2, 0.25) is 0 Å². The van der Waals surface area contributed by atoms with Crippen molar-refractivity contribution in [2.45, 2.75) is 24.9 Å². The first-order valence-electron chi connectivity index (χ1n) is 7.53. The van der Waals surface area contributed by atoms with E-state index in [0.717, 1.165) is 18.7 Å². The Kier molecular flexibility index (Phi) is 4.96. The summed E-state index contributed by atoms with van der Waals surface area (Å²) in [6.07, 6.45) is -1.30. The van der Waals surface area contributed by atoms with Crippen molar-refractivity contribution in [3.05, 3.63) is 54.0 Å². The summed E-state index contributed by atoms with van der Waals surface area (Å²) in [6, 6.07) is 6.83. The van der Waals surface area contributed by atoms with Crippen LogP contribution in [0.15, 0.2) is 42.9 Å². The molecule has 0 saturated carbocycles. The highest BCUT2D eigenvalue weighted by Crippen LogP contribution is 2.29. The van der Waals surface area contributed by atoms with Crippen molar-refractivity contribution in [2.24, 2.45) is 0 Å². The third kappa shape index (κ3) is 4.21. The van der Waals surface area contributed by atoms with Crippen molar-refractivity contribution in [3.63, 3.8) is 0 Å². The number of anilines is 1. The Balaban J connectivity index is 1.55. The van der Waals surface area contributed by atoms with Gasteiger partial charge >= 0.3 is 6.18 Å². The van der Waals surface area contributed by atoms with Crippen molar-refractivity contribution in [2.75, 3.05) is 18.4 Å². The average Bonchev–Trinajstić information content (AvgIpc) is 3.00. The molecule has 1 aromatic carbocycles. The van der Waals surface area contributed by atoms with Crippen molar-refractivity contribution in [1.82, 2.24) is 15.3 Å². The average molecular weight is 338 g/mol. The molecule has 2 N–H and O–H groups in total. The largest absolute Gasteiger partial charge is 0.416 e. The maximum Gasteiger partial charge on any atom is 0.416 e. The molecule has 1 aromatic heterocycles. The number of nitrogens with one attached hydrogen (secondary N) is 2. The van der Waals surface area contributed by atoms with Crippen LogP contribution in [0.4, 0.5) is 19.0 Å². The zero-order valence-electron chi connectivity index (χ0n) is 12.8. The lowest BCUT2D eigenvalue weighted by Gasteiger charge is -2.21. The van der Waals surface area contributed by atoms with Gasteiger partial charge in [-0.2, -0.15) is 13.2 Å². The molecular weight excluding hydrogens is 321 g/mol. The lowest BCUT2D eigenvalue weighted by Crippen LogP contribution is -2.34. The van der Waals surface area contributed by atoms with Crippen molar-refractivity contribution < 1.29 is 17.9 Å². The van der Waals surface area contributed by atoms with Gasteiger partial charge in [0.1, 0.15) is 12.1 Å². The van der Waals surface area contributed by atoms with E-state index in [4.69, 9.17) is 4.74 Å². The Morgan fingerprint density at radius 2 is 1.96 bits per heavy atom. The Morgan fingerprint density at radius 1 is 1.17 bits per heavy atom. The van der Waals surface area contributed by atoms with Gasteiger partial charge in [-0.25, -0.2) is 9.97 Å². The predicted octanol–water partition coefficient (Wildman–Crippen LogP) is 2.46. The lowest BCUT2D eigenvalue weighted by atomic mass is 10.1. The minimum absolute atomic E-state index is 0.0364. The summed E-state index contributed by atoms with van der Waals surface area (Å²) in [5.41, 5.74) is 0.0489. The van der Waals surface area contributed by atoms with Crippen LogP contribution in [0.25, 0.3) is 0 Å². The molecule has 8 heteroatoms. The van der Waals surface area contributed by atoms with Crippen LogP contribution in [0.2, 0.25) is 0 Å². The zero-order valence-corrected chi connectivity index (χ0v) is 12.8. The molecule has 0 spiro atoms.